The van der Waals surface area contributed by atoms with E-state index < -0.39 is 11.6 Å². The summed E-state index contributed by atoms with van der Waals surface area (Å²) >= 11 is 0. The Hall–Kier alpha value is -2.90. The average molecular weight is 427 g/mol. The van der Waals surface area contributed by atoms with E-state index in [-0.39, 0.29) is 49.2 Å². The zero-order chi connectivity index (χ0) is 22.0. The van der Waals surface area contributed by atoms with Gasteiger partial charge in [-0.2, -0.15) is 0 Å². The number of likely N-dealkylation sites (tertiary alicyclic amines) is 1. The molecule has 3 saturated heterocycles. The van der Waals surface area contributed by atoms with E-state index in [4.69, 9.17) is 0 Å². The molecule has 5 amide bonds. The quantitative estimate of drug-likeness (QED) is 0.747. The summed E-state index contributed by atoms with van der Waals surface area (Å²) in [6.07, 6.45) is 3.71. The molecule has 4 rings (SSSR count). The minimum Gasteiger partial charge on any atom is -0.349 e. The zero-order valence-corrected chi connectivity index (χ0v) is 17.9. The first-order valence-corrected chi connectivity index (χ1v) is 11.1. The molecule has 3 fully saturated rings. The molecule has 0 aromatic heterocycles. The smallest absolute Gasteiger partial charge is 0.324 e. The molecule has 3 aliphatic heterocycles. The number of hydrogen-bond acceptors (Lipinski definition) is 4. The minimum absolute atomic E-state index is 0.0355. The normalized spacial score (nSPS) is 28.6. The number of amides is 5. The van der Waals surface area contributed by atoms with Crippen LogP contribution in [-0.2, 0) is 20.8 Å². The number of nitrogens with zero attached hydrogens (tertiary/aromatic N) is 2. The molecule has 166 valence electrons. The van der Waals surface area contributed by atoms with Crippen LogP contribution in [0.15, 0.2) is 30.3 Å². The first-order chi connectivity index (χ1) is 14.9. The predicted octanol–water partition coefficient (Wildman–Crippen LogP) is 1.59. The van der Waals surface area contributed by atoms with Crippen molar-refractivity contribution in [2.24, 2.45) is 0 Å². The third kappa shape index (κ3) is 4.43. The molecule has 0 aliphatic carbocycles. The van der Waals surface area contributed by atoms with Crippen molar-refractivity contribution in [3.63, 3.8) is 0 Å². The van der Waals surface area contributed by atoms with Gasteiger partial charge in [0.1, 0.15) is 0 Å². The number of nitrogens with one attached hydrogen (secondary N) is 2. The number of benzene rings is 1. The summed E-state index contributed by atoms with van der Waals surface area (Å²) < 4.78 is 0. The molecule has 2 N–H and O–H groups in total. The third-order valence-corrected chi connectivity index (χ3v) is 6.74. The molecule has 1 aromatic rings. The fraction of sp³-hybridized carbons (Fsp3) is 0.565. The highest BCUT2D eigenvalue weighted by Gasteiger charge is 2.52. The number of urea groups is 1. The molecule has 0 spiro atoms. The summed E-state index contributed by atoms with van der Waals surface area (Å²) in [5, 5.41) is 5.83. The highest BCUT2D eigenvalue weighted by atomic mass is 16.2. The van der Waals surface area contributed by atoms with Gasteiger partial charge in [0.15, 0.2) is 0 Å². The van der Waals surface area contributed by atoms with Crippen molar-refractivity contribution in [3.05, 3.63) is 35.9 Å². The molecule has 0 bridgehead atoms. The molecule has 1 aromatic carbocycles. The Labute approximate surface area is 182 Å². The van der Waals surface area contributed by atoms with Crippen molar-refractivity contribution in [1.82, 2.24) is 20.4 Å². The predicted molar refractivity (Wildman–Crippen MR) is 114 cm³/mol. The van der Waals surface area contributed by atoms with Crippen LogP contribution in [0.1, 0.15) is 51.0 Å². The van der Waals surface area contributed by atoms with Gasteiger partial charge in [-0.1, -0.05) is 30.3 Å². The van der Waals surface area contributed by atoms with Crippen LogP contribution < -0.4 is 10.6 Å². The molecule has 0 radical (unpaired) electrons. The average Bonchev–Trinajstić information content (AvgIpc) is 2.89. The highest BCUT2D eigenvalue weighted by molar-refractivity contribution is 5.97. The van der Waals surface area contributed by atoms with Crippen LogP contribution in [0.25, 0.3) is 0 Å². The summed E-state index contributed by atoms with van der Waals surface area (Å²) in [7, 11) is 0. The van der Waals surface area contributed by atoms with E-state index in [0.717, 1.165) is 23.3 Å². The van der Waals surface area contributed by atoms with E-state index in [0.29, 0.717) is 25.8 Å². The van der Waals surface area contributed by atoms with Gasteiger partial charge >= 0.3 is 6.03 Å². The summed E-state index contributed by atoms with van der Waals surface area (Å²) in [6.45, 7) is 2.45. The maximum atomic E-state index is 13.4. The Bertz CT molecular complexity index is 858. The molecule has 8 nitrogen and oxygen atoms in total. The second kappa shape index (κ2) is 8.69. The van der Waals surface area contributed by atoms with Gasteiger partial charge in [-0.05, 0) is 38.2 Å². The van der Waals surface area contributed by atoms with Crippen LogP contribution in [0.2, 0.25) is 0 Å². The van der Waals surface area contributed by atoms with Crippen molar-refractivity contribution in [2.45, 2.75) is 69.5 Å². The zero-order valence-electron chi connectivity index (χ0n) is 17.9. The highest BCUT2D eigenvalue weighted by Crippen LogP contribution is 2.39. The Kier molecular flexibility index (Phi) is 5.98. The van der Waals surface area contributed by atoms with Gasteiger partial charge in [-0.3, -0.25) is 19.3 Å². The third-order valence-electron chi connectivity index (χ3n) is 6.74. The summed E-state index contributed by atoms with van der Waals surface area (Å²) in [5.41, 5.74) is 0.670. The van der Waals surface area contributed by atoms with Gasteiger partial charge in [0, 0.05) is 38.4 Å². The minimum atomic E-state index is -0.471. The number of rotatable bonds is 5. The second-order valence-corrected chi connectivity index (χ2v) is 9.00. The number of imide groups is 1. The van der Waals surface area contributed by atoms with Gasteiger partial charge in [-0.15, -0.1) is 0 Å². The lowest BCUT2D eigenvalue weighted by Crippen LogP contribution is -2.55. The van der Waals surface area contributed by atoms with Crippen LogP contribution in [0.3, 0.4) is 0 Å². The van der Waals surface area contributed by atoms with Crippen LogP contribution in [0, 0.1) is 0 Å². The van der Waals surface area contributed by atoms with Crippen LogP contribution in [-0.4, -0.2) is 64.3 Å². The summed E-state index contributed by atoms with van der Waals surface area (Å²) in [5.74, 6) is -0.282. The van der Waals surface area contributed by atoms with E-state index in [1.54, 1.807) is 0 Å². The van der Waals surface area contributed by atoms with Gasteiger partial charge in [0.05, 0.1) is 11.6 Å². The maximum absolute atomic E-state index is 13.4. The fourth-order valence-corrected chi connectivity index (χ4v) is 5.33. The monoisotopic (exact) mass is 426 g/mol. The lowest BCUT2D eigenvalue weighted by Gasteiger charge is -2.36. The fourth-order valence-electron chi connectivity index (χ4n) is 5.33. The molecule has 3 aliphatic rings. The Morgan fingerprint density at radius 3 is 2.68 bits per heavy atom. The number of fused-ring (bicyclic) bond motifs is 1. The van der Waals surface area contributed by atoms with Gasteiger partial charge in [0.25, 0.3) is 0 Å². The van der Waals surface area contributed by atoms with Crippen LogP contribution >= 0.6 is 0 Å². The molecule has 3 heterocycles. The first kappa shape index (κ1) is 21.3. The van der Waals surface area contributed by atoms with Crippen LogP contribution in [0.5, 0.6) is 0 Å². The van der Waals surface area contributed by atoms with Crippen LogP contribution in [0.4, 0.5) is 4.79 Å². The van der Waals surface area contributed by atoms with E-state index in [1.165, 1.54) is 0 Å². The number of hydrogen-bond donors (Lipinski definition) is 2. The van der Waals surface area contributed by atoms with E-state index in [9.17, 15) is 19.2 Å². The Morgan fingerprint density at radius 1 is 1.16 bits per heavy atom. The van der Waals surface area contributed by atoms with Crippen molar-refractivity contribution in [3.8, 4) is 0 Å². The SMILES string of the molecule is C[C@]12C[C@@H](Cc3ccccc3)N(C(=O)CCN3C(=O)CCNC3=O)[C@H]1CCCC(=O)N2. The molecule has 0 saturated carbocycles. The second-order valence-electron chi connectivity index (χ2n) is 9.00. The topological polar surface area (TPSA) is 98.8 Å². The summed E-state index contributed by atoms with van der Waals surface area (Å²) in [4.78, 5) is 52.9. The summed E-state index contributed by atoms with van der Waals surface area (Å²) in [6, 6.07) is 9.46. The molecular weight excluding hydrogens is 396 g/mol. The first-order valence-electron chi connectivity index (χ1n) is 11.1. The molecular formula is C23H30N4O4. The molecule has 8 heteroatoms. The van der Waals surface area contributed by atoms with Crippen molar-refractivity contribution >= 4 is 23.8 Å². The van der Waals surface area contributed by atoms with Gasteiger partial charge in [-0.25, -0.2) is 4.79 Å². The number of carbonyl (C=O) groups is 4. The Morgan fingerprint density at radius 2 is 1.94 bits per heavy atom. The standard InChI is InChI=1S/C23H30N4O4/c1-23-15-17(14-16-6-3-2-4-7-16)27(18(23)8-5-9-19(28)25-23)21(30)11-13-26-20(29)10-12-24-22(26)31/h2-4,6-7,17-18H,5,8-15H2,1H3,(H,24,31)(H,25,28)/t17-,18+,23+/m1/s1. The van der Waals surface area contributed by atoms with Crippen molar-refractivity contribution < 1.29 is 19.2 Å². The molecule has 0 unspecified atom stereocenters. The van der Waals surface area contributed by atoms with E-state index in [1.807, 2.05) is 30.0 Å². The van der Waals surface area contributed by atoms with E-state index in [2.05, 4.69) is 22.8 Å². The van der Waals surface area contributed by atoms with E-state index >= 15 is 0 Å². The number of carbonyl (C=O) groups excluding carboxylic acids is 4. The van der Waals surface area contributed by atoms with Crippen molar-refractivity contribution in [2.75, 3.05) is 13.1 Å². The lowest BCUT2D eigenvalue weighted by atomic mass is 9.88. The van der Waals surface area contributed by atoms with Gasteiger partial charge in [0.2, 0.25) is 17.7 Å². The van der Waals surface area contributed by atoms with Gasteiger partial charge < -0.3 is 15.5 Å². The molecule has 3 atom stereocenters. The Balaban J connectivity index is 1.54. The lowest BCUT2D eigenvalue weighted by molar-refractivity contribution is -0.136. The van der Waals surface area contributed by atoms with Crippen molar-refractivity contribution in [1.29, 1.82) is 0 Å². The maximum Gasteiger partial charge on any atom is 0.324 e. The molecule has 31 heavy (non-hydrogen) atoms. The largest absolute Gasteiger partial charge is 0.349 e.